The Morgan fingerprint density at radius 2 is 2.00 bits per heavy atom. The van der Waals surface area contributed by atoms with E-state index < -0.39 is 28.3 Å². The first-order chi connectivity index (χ1) is 8.65. The number of nitrogens with one attached hydrogen (secondary N) is 1. The molecule has 0 atom stereocenters. The van der Waals surface area contributed by atoms with Crippen molar-refractivity contribution < 1.29 is 17.6 Å². The summed E-state index contributed by atoms with van der Waals surface area (Å²) in [6.07, 6.45) is 0. The molecule has 19 heavy (non-hydrogen) atoms. The molecule has 0 aromatic heterocycles. The van der Waals surface area contributed by atoms with Gasteiger partial charge in [-0.05, 0) is 19.1 Å². The van der Waals surface area contributed by atoms with Crippen LogP contribution in [0.5, 0.6) is 0 Å². The molecule has 0 heterocycles. The van der Waals surface area contributed by atoms with Gasteiger partial charge < -0.3 is 10.6 Å². The lowest BCUT2D eigenvalue weighted by Gasteiger charge is -2.12. The lowest BCUT2D eigenvalue weighted by molar-refractivity contribution is -0.127. The van der Waals surface area contributed by atoms with Gasteiger partial charge in [0.15, 0.2) is 0 Å². The number of carbonyl (C=O) groups excluding carboxylic acids is 1. The van der Waals surface area contributed by atoms with Crippen molar-refractivity contribution in [3.8, 4) is 0 Å². The average molecular weight is 289 g/mol. The highest BCUT2D eigenvalue weighted by Gasteiger charge is 2.18. The lowest BCUT2D eigenvalue weighted by Crippen LogP contribution is -2.36. The molecule has 3 N–H and O–H groups in total. The van der Waals surface area contributed by atoms with E-state index in [4.69, 9.17) is 5.73 Å². The van der Waals surface area contributed by atoms with Gasteiger partial charge in [-0.15, -0.1) is 0 Å². The number of carbonyl (C=O) groups is 1. The molecule has 0 bridgehead atoms. The van der Waals surface area contributed by atoms with Gasteiger partial charge in [-0.25, -0.2) is 17.5 Å². The Bertz CT molecular complexity index is 576. The Morgan fingerprint density at radius 1 is 1.42 bits per heavy atom. The summed E-state index contributed by atoms with van der Waals surface area (Å²) in [6.45, 7) is 1.05. The highest BCUT2D eigenvalue weighted by atomic mass is 32.2. The Morgan fingerprint density at radius 3 is 2.47 bits per heavy atom. The number of halogens is 1. The minimum atomic E-state index is -3.97. The van der Waals surface area contributed by atoms with Crippen molar-refractivity contribution in [2.45, 2.75) is 11.8 Å². The molecule has 0 aliphatic heterocycles. The SMILES string of the molecule is Cc1c(N)cc(S(=O)(=O)NCC(=O)N(C)C)cc1F. The van der Waals surface area contributed by atoms with E-state index in [0.29, 0.717) is 0 Å². The molecule has 1 amide bonds. The summed E-state index contributed by atoms with van der Waals surface area (Å²) >= 11 is 0. The van der Waals surface area contributed by atoms with Gasteiger partial charge in [0.2, 0.25) is 15.9 Å². The summed E-state index contributed by atoms with van der Waals surface area (Å²) in [4.78, 5) is 12.2. The lowest BCUT2D eigenvalue weighted by atomic mass is 10.2. The zero-order chi connectivity index (χ0) is 14.8. The van der Waals surface area contributed by atoms with Crippen molar-refractivity contribution in [3.05, 3.63) is 23.5 Å². The zero-order valence-electron chi connectivity index (χ0n) is 10.9. The number of benzene rings is 1. The number of nitrogen functional groups attached to an aromatic ring is 1. The Labute approximate surface area is 111 Å². The topological polar surface area (TPSA) is 92.5 Å². The maximum absolute atomic E-state index is 13.5. The number of hydrogen-bond donors (Lipinski definition) is 2. The maximum atomic E-state index is 13.5. The molecule has 0 saturated heterocycles. The van der Waals surface area contributed by atoms with Crippen molar-refractivity contribution in [2.24, 2.45) is 0 Å². The Balaban J connectivity index is 2.99. The quantitative estimate of drug-likeness (QED) is 0.768. The molecule has 0 fully saturated rings. The van der Waals surface area contributed by atoms with E-state index in [-0.39, 0.29) is 16.1 Å². The largest absolute Gasteiger partial charge is 0.398 e. The van der Waals surface area contributed by atoms with E-state index in [2.05, 4.69) is 4.72 Å². The van der Waals surface area contributed by atoms with Crippen LogP contribution >= 0.6 is 0 Å². The van der Waals surface area contributed by atoms with E-state index >= 15 is 0 Å². The van der Waals surface area contributed by atoms with Gasteiger partial charge in [-0.2, -0.15) is 0 Å². The minimum absolute atomic E-state index is 0.0410. The fourth-order valence-electron chi connectivity index (χ4n) is 1.23. The second kappa shape index (κ2) is 5.54. The van der Waals surface area contributed by atoms with Gasteiger partial charge in [0.25, 0.3) is 0 Å². The molecule has 0 unspecified atom stereocenters. The van der Waals surface area contributed by atoms with Crippen LogP contribution in [0.3, 0.4) is 0 Å². The summed E-state index contributed by atoms with van der Waals surface area (Å²) in [7, 11) is -0.968. The monoisotopic (exact) mass is 289 g/mol. The van der Waals surface area contributed by atoms with E-state index in [1.165, 1.54) is 25.9 Å². The van der Waals surface area contributed by atoms with Gasteiger partial charge in [0, 0.05) is 25.3 Å². The molecule has 0 radical (unpaired) electrons. The third kappa shape index (κ3) is 3.65. The van der Waals surface area contributed by atoms with Crippen LogP contribution in [0.4, 0.5) is 10.1 Å². The first kappa shape index (κ1) is 15.4. The third-order valence-corrected chi connectivity index (χ3v) is 3.96. The second-order valence-electron chi connectivity index (χ2n) is 4.23. The van der Waals surface area contributed by atoms with E-state index in [1.54, 1.807) is 0 Å². The predicted molar refractivity (Wildman–Crippen MR) is 69.4 cm³/mol. The molecule has 0 spiro atoms. The van der Waals surface area contributed by atoms with Crippen LogP contribution in [-0.4, -0.2) is 39.9 Å². The number of likely N-dealkylation sites (N-methyl/N-ethyl adjacent to an activating group) is 1. The number of rotatable bonds is 4. The average Bonchev–Trinajstić information content (AvgIpc) is 2.32. The van der Waals surface area contributed by atoms with Gasteiger partial charge in [-0.1, -0.05) is 0 Å². The summed E-state index contributed by atoms with van der Waals surface area (Å²) < 4.78 is 39.3. The summed E-state index contributed by atoms with van der Waals surface area (Å²) in [5, 5.41) is 0. The smallest absolute Gasteiger partial charge is 0.241 e. The van der Waals surface area contributed by atoms with Crippen molar-refractivity contribution in [3.63, 3.8) is 0 Å². The first-order valence-electron chi connectivity index (χ1n) is 5.40. The Kier molecular flexibility index (Phi) is 4.48. The highest BCUT2D eigenvalue weighted by molar-refractivity contribution is 7.89. The van der Waals surface area contributed by atoms with Gasteiger partial charge in [0.1, 0.15) is 5.82 Å². The number of hydrogen-bond acceptors (Lipinski definition) is 4. The normalized spacial score (nSPS) is 11.4. The number of sulfonamides is 1. The first-order valence-corrected chi connectivity index (χ1v) is 6.89. The van der Waals surface area contributed by atoms with E-state index in [0.717, 1.165) is 12.1 Å². The summed E-state index contributed by atoms with van der Waals surface area (Å²) in [5.74, 6) is -1.12. The van der Waals surface area contributed by atoms with Crippen LogP contribution in [-0.2, 0) is 14.8 Å². The second-order valence-corrected chi connectivity index (χ2v) is 6.00. The van der Waals surface area contributed by atoms with Gasteiger partial charge >= 0.3 is 0 Å². The molecule has 6 nitrogen and oxygen atoms in total. The van der Waals surface area contributed by atoms with Crippen LogP contribution in [0.15, 0.2) is 17.0 Å². The molecule has 8 heteroatoms. The van der Waals surface area contributed by atoms with Crippen LogP contribution in [0.25, 0.3) is 0 Å². The molecular weight excluding hydrogens is 273 g/mol. The van der Waals surface area contributed by atoms with E-state index in [1.807, 2.05) is 0 Å². The fraction of sp³-hybridized carbons (Fsp3) is 0.364. The van der Waals surface area contributed by atoms with Crippen molar-refractivity contribution in [2.75, 3.05) is 26.4 Å². The van der Waals surface area contributed by atoms with Crippen LogP contribution in [0.1, 0.15) is 5.56 Å². The summed E-state index contributed by atoms with van der Waals surface area (Å²) in [5.41, 5.74) is 5.74. The number of anilines is 1. The molecular formula is C11H16FN3O3S. The predicted octanol–water partition coefficient (Wildman–Crippen LogP) is 0.0828. The standard InChI is InChI=1S/C11H16FN3O3S/c1-7-9(12)4-8(5-10(7)13)19(17,18)14-6-11(16)15(2)3/h4-5,14H,6,13H2,1-3H3. The third-order valence-electron chi connectivity index (χ3n) is 2.58. The van der Waals surface area contributed by atoms with Crippen LogP contribution in [0.2, 0.25) is 0 Å². The maximum Gasteiger partial charge on any atom is 0.241 e. The Hall–Kier alpha value is -1.67. The van der Waals surface area contributed by atoms with Crippen molar-refractivity contribution >= 4 is 21.6 Å². The molecule has 1 aromatic carbocycles. The van der Waals surface area contributed by atoms with Crippen molar-refractivity contribution in [1.82, 2.24) is 9.62 Å². The molecule has 1 aromatic rings. The molecule has 1 rings (SSSR count). The number of amides is 1. The molecule has 0 aliphatic carbocycles. The molecule has 0 saturated carbocycles. The zero-order valence-corrected chi connectivity index (χ0v) is 11.7. The van der Waals surface area contributed by atoms with Gasteiger partial charge in [-0.3, -0.25) is 4.79 Å². The molecule has 106 valence electrons. The van der Waals surface area contributed by atoms with Crippen molar-refractivity contribution in [1.29, 1.82) is 0 Å². The number of nitrogens with two attached hydrogens (primary N) is 1. The fourth-order valence-corrected chi connectivity index (χ4v) is 2.25. The number of nitrogens with zero attached hydrogens (tertiary/aromatic N) is 1. The summed E-state index contributed by atoms with van der Waals surface area (Å²) in [6, 6.07) is 2.02. The minimum Gasteiger partial charge on any atom is -0.398 e. The van der Waals surface area contributed by atoms with Gasteiger partial charge in [0.05, 0.1) is 11.4 Å². The van der Waals surface area contributed by atoms with Crippen LogP contribution in [0, 0.1) is 12.7 Å². The van der Waals surface area contributed by atoms with E-state index in [9.17, 15) is 17.6 Å². The highest BCUT2D eigenvalue weighted by Crippen LogP contribution is 2.20. The van der Waals surface area contributed by atoms with Crippen LogP contribution < -0.4 is 10.5 Å². The molecule has 0 aliphatic rings.